The van der Waals surface area contributed by atoms with Crippen LogP contribution in [0.2, 0.25) is 5.02 Å². The van der Waals surface area contributed by atoms with Crippen molar-refractivity contribution in [3.63, 3.8) is 0 Å². The van der Waals surface area contributed by atoms with Gasteiger partial charge in [0.2, 0.25) is 5.91 Å². The van der Waals surface area contributed by atoms with Crippen molar-refractivity contribution in [3.05, 3.63) is 70.5 Å². The number of halogens is 2. The minimum Gasteiger partial charge on any atom is -0.348 e. The van der Waals surface area contributed by atoms with E-state index in [4.69, 9.17) is 11.6 Å². The first-order valence-electron chi connectivity index (χ1n) is 8.41. The molecule has 138 valence electrons. The van der Waals surface area contributed by atoms with E-state index in [9.17, 15) is 14.0 Å². The Morgan fingerprint density at radius 3 is 2.15 bits per heavy atom. The Hall–Kier alpha value is -2.40. The molecule has 0 radical (unpaired) electrons. The maximum absolute atomic E-state index is 13.0. The lowest BCUT2D eigenvalue weighted by Gasteiger charge is -2.24. The quantitative estimate of drug-likeness (QED) is 0.797. The van der Waals surface area contributed by atoms with Gasteiger partial charge in [0.05, 0.1) is 6.04 Å². The van der Waals surface area contributed by atoms with E-state index >= 15 is 0 Å². The monoisotopic (exact) mass is 376 g/mol. The lowest BCUT2D eigenvalue weighted by atomic mass is 10.0. The van der Waals surface area contributed by atoms with Crippen LogP contribution < -0.4 is 10.6 Å². The third-order valence-corrected chi connectivity index (χ3v) is 4.42. The number of nitrogens with one attached hydrogen (secondary N) is 2. The first-order valence-corrected chi connectivity index (χ1v) is 8.78. The van der Waals surface area contributed by atoms with E-state index in [-0.39, 0.29) is 17.9 Å². The molecule has 2 unspecified atom stereocenters. The van der Waals surface area contributed by atoms with Gasteiger partial charge < -0.3 is 10.6 Å². The molecule has 0 fully saturated rings. The average molecular weight is 377 g/mol. The van der Waals surface area contributed by atoms with Crippen molar-refractivity contribution in [2.24, 2.45) is 5.92 Å². The predicted octanol–water partition coefficient (Wildman–Crippen LogP) is 4.11. The Morgan fingerprint density at radius 1 is 0.962 bits per heavy atom. The van der Waals surface area contributed by atoms with Gasteiger partial charge in [-0.2, -0.15) is 0 Å². The van der Waals surface area contributed by atoms with Crippen molar-refractivity contribution >= 4 is 23.4 Å². The molecule has 2 atom stereocenters. The third-order valence-electron chi connectivity index (χ3n) is 4.07. The van der Waals surface area contributed by atoms with Crippen molar-refractivity contribution in [2.75, 3.05) is 0 Å². The summed E-state index contributed by atoms with van der Waals surface area (Å²) < 4.78 is 13.0. The first kappa shape index (κ1) is 19.9. The smallest absolute Gasteiger partial charge is 0.251 e. The minimum atomic E-state index is -0.725. The van der Waals surface area contributed by atoms with Gasteiger partial charge in [-0.15, -0.1) is 0 Å². The standard InChI is InChI=1S/C20H22ClFN2O2/c1-12(2)18(24-19(25)14-8-10-15(22)11-9-14)20(26)23-13(3)16-6-4-5-7-17(16)21/h4-13,18H,1-3H3,(H,23,26)(H,24,25). The van der Waals surface area contributed by atoms with Crippen LogP contribution in [-0.4, -0.2) is 17.9 Å². The van der Waals surface area contributed by atoms with Gasteiger partial charge in [-0.3, -0.25) is 9.59 Å². The molecule has 6 heteroatoms. The summed E-state index contributed by atoms with van der Waals surface area (Å²) in [5.74, 6) is -1.28. The van der Waals surface area contributed by atoms with Gasteiger partial charge in [-0.25, -0.2) is 4.39 Å². The summed E-state index contributed by atoms with van der Waals surface area (Å²) in [7, 11) is 0. The highest BCUT2D eigenvalue weighted by Gasteiger charge is 2.26. The number of amides is 2. The van der Waals surface area contributed by atoms with Crippen LogP contribution >= 0.6 is 11.6 Å². The highest BCUT2D eigenvalue weighted by atomic mass is 35.5. The van der Waals surface area contributed by atoms with E-state index in [1.807, 2.05) is 39.0 Å². The largest absolute Gasteiger partial charge is 0.348 e. The van der Waals surface area contributed by atoms with Gasteiger partial charge in [0.15, 0.2) is 0 Å². The Morgan fingerprint density at radius 2 is 1.58 bits per heavy atom. The van der Waals surface area contributed by atoms with E-state index in [2.05, 4.69) is 10.6 Å². The maximum atomic E-state index is 13.0. The van der Waals surface area contributed by atoms with E-state index < -0.39 is 17.8 Å². The van der Waals surface area contributed by atoms with Crippen molar-refractivity contribution < 1.29 is 14.0 Å². The molecule has 0 heterocycles. The Kier molecular flexibility index (Phi) is 6.75. The van der Waals surface area contributed by atoms with Crippen molar-refractivity contribution in [2.45, 2.75) is 32.9 Å². The van der Waals surface area contributed by atoms with Crippen LogP contribution in [0.3, 0.4) is 0 Å². The summed E-state index contributed by atoms with van der Waals surface area (Å²) in [6.07, 6.45) is 0. The molecule has 2 rings (SSSR count). The molecule has 0 aliphatic rings. The van der Waals surface area contributed by atoms with Gasteiger partial charge in [-0.05, 0) is 48.7 Å². The maximum Gasteiger partial charge on any atom is 0.251 e. The second-order valence-electron chi connectivity index (χ2n) is 6.45. The van der Waals surface area contributed by atoms with Gasteiger partial charge in [0.1, 0.15) is 11.9 Å². The molecule has 0 aromatic heterocycles. The SMILES string of the molecule is CC(NC(=O)C(NC(=O)c1ccc(F)cc1)C(C)C)c1ccccc1Cl. The highest BCUT2D eigenvalue weighted by Crippen LogP contribution is 2.22. The molecular formula is C20H22ClFN2O2. The molecule has 2 aromatic rings. The zero-order valence-corrected chi connectivity index (χ0v) is 15.7. The predicted molar refractivity (Wildman–Crippen MR) is 101 cm³/mol. The van der Waals surface area contributed by atoms with Crippen LogP contribution in [0.1, 0.15) is 42.7 Å². The molecule has 2 aromatic carbocycles. The fraction of sp³-hybridized carbons (Fsp3) is 0.300. The lowest BCUT2D eigenvalue weighted by Crippen LogP contribution is -2.50. The molecule has 0 bridgehead atoms. The number of benzene rings is 2. The second-order valence-corrected chi connectivity index (χ2v) is 6.86. The summed E-state index contributed by atoms with van der Waals surface area (Å²) in [5.41, 5.74) is 1.10. The number of hydrogen-bond acceptors (Lipinski definition) is 2. The molecule has 0 saturated carbocycles. The molecule has 0 spiro atoms. The lowest BCUT2D eigenvalue weighted by molar-refractivity contribution is -0.124. The molecule has 26 heavy (non-hydrogen) atoms. The highest BCUT2D eigenvalue weighted by molar-refractivity contribution is 6.31. The summed E-state index contributed by atoms with van der Waals surface area (Å²) in [5, 5.41) is 6.17. The Balaban J connectivity index is 2.08. The number of carbonyl (C=O) groups is 2. The minimum absolute atomic E-state index is 0.127. The van der Waals surface area contributed by atoms with Crippen molar-refractivity contribution in [3.8, 4) is 0 Å². The summed E-state index contributed by atoms with van der Waals surface area (Å²) in [4.78, 5) is 25.0. The van der Waals surface area contributed by atoms with Gasteiger partial charge in [0.25, 0.3) is 5.91 Å². The fourth-order valence-electron chi connectivity index (χ4n) is 2.57. The topological polar surface area (TPSA) is 58.2 Å². The van der Waals surface area contributed by atoms with Crippen LogP contribution in [0.15, 0.2) is 48.5 Å². The molecule has 0 aliphatic heterocycles. The van der Waals surface area contributed by atoms with Crippen LogP contribution in [0.25, 0.3) is 0 Å². The summed E-state index contributed by atoms with van der Waals surface area (Å²) in [6, 6.07) is 11.4. The fourth-order valence-corrected chi connectivity index (χ4v) is 2.87. The van der Waals surface area contributed by atoms with Crippen LogP contribution in [0, 0.1) is 11.7 Å². The summed E-state index contributed by atoms with van der Waals surface area (Å²) in [6.45, 7) is 5.52. The molecule has 2 N–H and O–H groups in total. The number of hydrogen-bond donors (Lipinski definition) is 2. The summed E-state index contributed by atoms with van der Waals surface area (Å²) >= 11 is 6.17. The zero-order valence-electron chi connectivity index (χ0n) is 14.9. The van der Waals surface area contributed by atoms with E-state index in [1.165, 1.54) is 24.3 Å². The zero-order chi connectivity index (χ0) is 19.3. The Bertz CT molecular complexity index is 778. The van der Waals surface area contributed by atoms with E-state index in [0.29, 0.717) is 10.6 Å². The van der Waals surface area contributed by atoms with Crippen molar-refractivity contribution in [1.29, 1.82) is 0 Å². The van der Waals surface area contributed by atoms with Crippen LogP contribution in [0.4, 0.5) is 4.39 Å². The second kappa shape index (κ2) is 8.81. The van der Waals surface area contributed by atoms with Gasteiger partial charge >= 0.3 is 0 Å². The molecule has 4 nitrogen and oxygen atoms in total. The van der Waals surface area contributed by atoms with Crippen LogP contribution in [0.5, 0.6) is 0 Å². The number of rotatable bonds is 6. The van der Waals surface area contributed by atoms with Gasteiger partial charge in [-0.1, -0.05) is 43.6 Å². The molecule has 0 aliphatic carbocycles. The third kappa shape index (κ3) is 5.05. The first-order chi connectivity index (χ1) is 12.3. The number of carbonyl (C=O) groups excluding carboxylic acids is 2. The average Bonchev–Trinajstić information content (AvgIpc) is 2.59. The molecule has 2 amide bonds. The Labute approximate surface area is 157 Å². The van der Waals surface area contributed by atoms with Crippen LogP contribution in [-0.2, 0) is 4.79 Å². The molecular weight excluding hydrogens is 355 g/mol. The van der Waals surface area contributed by atoms with E-state index in [0.717, 1.165) is 5.56 Å². The van der Waals surface area contributed by atoms with E-state index in [1.54, 1.807) is 6.07 Å². The normalized spacial score (nSPS) is 13.2. The molecule has 0 saturated heterocycles. The van der Waals surface area contributed by atoms with Gasteiger partial charge in [0, 0.05) is 10.6 Å². The van der Waals surface area contributed by atoms with Crippen molar-refractivity contribution in [1.82, 2.24) is 10.6 Å².